The van der Waals surface area contributed by atoms with Gasteiger partial charge in [-0.2, -0.15) is 0 Å². The van der Waals surface area contributed by atoms with Crippen molar-refractivity contribution in [2.45, 2.75) is 26.2 Å². The predicted molar refractivity (Wildman–Crippen MR) is 78.7 cm³/mol. The number of hydrogen-bond donors (Lipinski definition) is 0. The van der Waals surface area contributed by atoms with E-state index >= 15 is 0 Å². The Hall–Kier alpha value is -1.83. The predicted octanol–water partition coefficient (Wildman–Crippen LogP) is 3.29. The maximum absolute atomic E-state index is 2.48. The van der Waals surface area contributed by atoms with Crippen LogP contribution in [-0.4, -0.2) is 6.54 Å². The number of rotatable bonds is 1. The molecule has 2 nitrogen and oxygen atoms in total. The third-order valence-electron chi connectivity index (χ3n) is 3.97. The first-order valence-electron chi connectivity index (χ1n) is 7.08. The number of para-hydroxylation sites is 1. The van der Waals surface area contributed by atoms with E-state index in [9.17, 15) is 0 Å². The molecule has 0 amide bonds. The van der Waals surface area contributed by atoms with E-state index in [1.807, 2.05) is 0 Å². The number of aryl methyl sites for hydroxylation is 3. The number of benzene rings is 1. The minimum atomic E-state index is 1.11. The minimum Gasteiger partial charge on any atom is -0.237 e. The summed E-state index contributed by atoms with van der Waals surface area (Å²) >= 11 is 0. The number of fused-ring (bicyclic) bond motifs is 1. The van der Waals surface area contributed by atoms with Gasteiger partial charge in [0.2, 0.25) is 0 Å². The normalized spacial score (nSPS) is 14.9. The van der Waals surface area contributed by atoms with E-state index in [1.54, 1.807) is 0 Å². The molecule has 0 atom stereocenters. The molecule has 3 rings (SSSR count). The molecule has 0 bridgehead atoms. The molecular formula is C17H21N2+. The van der Waals surface area contributed by atoms with Gasteiger partial charge < -0.3 is 0 Å². The summed E-state index contributed by atoms with van der Waals surface area (Å²) in [5, 5.41) is 0. The molecule has 1 aliphatic heterocycles. The lowest BCUT2D eigenvalue weighted by Gasteiger charge is -2.19. The van der Waals surface area contributed by atoms with Crippen LogP contribution < -0.4 is 9.47 Å². The van der Waals surface area contributed by atoms with E-state index in [1.165, 1.54) is 41.9 Å². The van der Waals surface area contributed by atoms with E-state index in [0.717, 1.165) is 6.54 Å². The molecule has 0 unspecified atom stereocenters. The van der Waals surface area contributed by atoms with Gasteiger partial charge in [0.05, 0.1) is 19.8 Å². The van der Waals surface area contributed by atoms with E-state index in [4.69, 9.17) is 0 Å². The van der Waals surface area contributed by atoms with Crippen molar-refractivity contribution in [2.24, 2.45) is 7.05 Å². The van der Waals surface area contributed by atoms with Gasteiger partial charge in [-0.25, -0.2) is 9.47 Å². The van der Waals surface area contributed by atoms with Crippen LogP contribution in [0.5, 0.6) is 0 Å². The van der Waals surface area contributed by atoms with Gasteiger partial charge in [-0.3, -0.25) is 0 Å². The summed E-state index contributed by atoms with van der Waals surface area (Å²) < 4.78 is 2.26. The third kappa shape index (κ3) is 2.23. The Balaban J connectivity index is 2.16. The van der Waals surface area contributed by atoms with E-state index < -0.39 is 0 Å². The molecule has 1 aromatic carbocycles. The van der Waals surface area contributed by atoms with E-state index in [0.29, 0.717) is 0 Å². The molecule has 0 N–H and O–H groups in total. The quantitative estimate of drug-likeness (QED) is 0.707. The Labute approximate surface area is 115 Å². The summed E-state index contributed by atoms with van der Waals surface area (Å²) in [7, 11) is 2.15. The Bertz CT molecular complexity index is 590. The van der Waals surface area contributed by atoms with Crippen LogP contribution >= 0.6 is 0 Å². The van der Waals surface area contributed by atoms with Gasteiger partial charge in [-0.1, -0.05) is 18.2 Å². The van der Waals surface area contributed by atoms with Crippen molar-refractivity contribution >= 4 is 11.5 Å². The van der Waals surface area contributed by atoms with Gasteiger partial charge in [0, 0.05) is 5.56 Å². The van der Waals surface area contributed by atoms with Crippen LogP contribution in [0.1, 0.15) is 24.0 Å². The Morgan fingerprint density at radius 3 is 2.74 bits per heavy atom. The Kier molecular flexibility index (Phi) is 3.24. The van der Waals surface area contributed by atoms with Crippen LogP contribution in [0, 0.1) is 6.92 Å². The molecule has 0 saturated carbocycles. The first kappa shape index (κ1) is 12.2. The minimum absolute atomic E-state index is 1.11. The lowest BCUT2D eigenvalue weighted by atomic mass is 10.1. The Morgan fingerprint density at radius 2 is 1.89 bits per heavy atom. The van der Waals surface area contributed by atoms with E-state index in [-0.39, 0.29) is 0 Å². The summed E-state index contributed by atoms with van der Waals surface area (Å²) in [5.74, 6) is 1.36. The standard InChI is InChI=1S/C17H21N2/c1-14-8-3-4-11-16(14)19-13-6-5-9-15-10-7-12-18(2)17(15)19/h3-4,7-8,10-12H,5-6,9,13H2,1-2H3/q+1. The van der Waals surface area contributed by atoms with Crippen LogP contribution in [0.15, 0.2) is 42.6 Å². The maximum Gasteiger partial charge on any atom is 0.284 e. The van der Waals surface area contributed by atoms with Crippen molar-refractivity contribution in [2.75, 3.05) is 11.4 Å². The smallest absolute Gasteiger partial charge is 0.237 e. The van der Waals surface area contributed by atoms with Gasteiger partial charge in [0.1, 0.15) is 5.69 Å². The van der Waals surface area contributed by atoms with Crippen molar-refractivity contribution < 1.29 is 4.57 Å². The highest BCUT2D eigenvalue weighted by Crippen LogP contribution is 2.31. The molecule has 1 aromatic heterocycles. The maximum atomic E-state index is 2.48. The van der Waals surface area contributed by atoms with Gasteiger partial charge in [-0.15, -0.1) is 0 Å². The average molecular weight is 253 g/mol. The van der Waals surface area contributed by atoms with Crippen LogP contribution in [-0.2, 0) is 13.5 Å². The fourth-order valence-electron chi connectivity index (χ4n) is 3.01. The third-order valence-corrected chi connectivity index (χ3v) is 3.97. The molecule has 0 radical (unpaired) electrons. The SMILES string of the molecule is Cc1ccccc1N1CCCCc2ccc[n+](C)c21. The largest absolute Gasteiger partial charge is 0.284 e. The van der Waals surface area contributed by atoms with Crippen molar-refractivity contribution in [3.8, 4) is 0 Å². The van der Waals surface area contributed by atoms with Gasteiger partial charge in [0.15, 0.2) is 0 Å². The van der Waals surface area contributed by atoms with Crippen LogP contribution in [0.4, 0.5) is 11.5 Å². The van der Waals surface area contributed by atoms with Crippen molar-refractivity contribution in [1.82, 2.24) is 0 Å². The highest BCUT2D eigenvalue weighted by molar-refractivity contribution is 5.64. The lowest BCUT2D eigenvalue weighted by Crippen LogP contribution is -2.37. The van der Waals surface area contributed by atoms with Crippen molar-refractivity contribution in [3.05, 3.63) is 53.7 Å². The molecule has 0 saturated heterocycles. The number of hydrogen-bond acceptors (Lipinski definition) is 1. The first-order chi connectivity index (χ1) is 9.27. The molecule has 19 heavy (non-hydrogen) atoms. The number of anilines is 2. The number of aromatic nitrogens is 1. The second kappa shape index (κ2) is 5.04. The van der Waals surface area contributed by atoms with Crippen molar-refractivity contribution in [3.63, 3.8) is 0 Å². The Morgan fingerprint density at radius 1 is 1.05 bits per heavy atom. The van der Waals surface area contributed by atoms with Crippen LogP contribution in [0.3, 0.4) is 0 Å². The lowest BCUT2D eigenvalue weighted by molar-refractivity contribution is -0.658. The molecule has 2 aromatic rings. The zero-order valence-corrected chi connectivity index (χ0v) is 11.8. The summed E-state index contributed by atoms with van der Waals surface area (Å²) in [6.07, 6.45) is 5.87. The van der Waals surface area contributed by atoms with Gasteiger partial charge in [-0.05, 0) is 49.9 Å². The molecule has 0 fully saturated rings. The van der Waals surface area contributed by atoms with Gasteiger partial charge in [0.25, 0.3) is 5.82 Å². The molecule has 2 heterocycles. The van der Waals surface area contributed by atoms with E-state index in [2.05, 4.69) is 66.0 Å². The fraction of sp³-hybridized carbons (Fsp3) is 0.353. The second-order valence-electron chi connectivity index (χ2n) is 5.36. The fourth-order valence-corrected chi connectivity index (χ4v) is 3.01. The summed E-state index contributed by atoms with van der Waals surface area (Å²) in [6.45, 7) is 3.30. The van der Waals surface area contributed by atoms with Crippen LogP contribution in [0.25, 0.3) is 0 Å². The van der Waals surface area contributed by atoms with Crippen molar-refractivity contribution in [1.29, 1.82) is 0 Å². The highest BCUT2D eigenvalue weighted by Gasteiger charge is 2.27. The summed E-state index contributed by atoms with van der Waals surface area (Å²) in [6, 6.07) is 13.1. The molecular weight excluding hydrogens is 232 g/mol. The number of pyridine rings is 1. The zero-order chi connectivity index (χ0) is 13.2. The van der Waals surface area contributed by atoms with Crippen LogP contribution in [0.2, 0.25) is 0 Å². The topological polar surface area (TPSA) is 7.12 Å². The molecule has 98 valence electrons. The summed E-state index contributed by atoms with van der Waals surface area (Å²) in [5.41, 5.74) is 4.15. The molecule has 0 spiro atoms. The summed E-state index contributed by atoms with van der Waals surface area (Å²) in [4.78, 5) is 2.48. The number of nitrogens with zero attached hydrogens (tertiary/aromatic N) is 2. The first-order valence-corrected chi connectivity index (χ1v) is 7.08. The molecule has 1 aliphatic rings. The zero-order valence-electron chi connectivity index (χ0n) is 11.8. The molecule has 2 heteroatoms. The second-order valence-corrected chi connectivity index (χ2v) is 5.36. The monoisotopic (exact) mass is 253 g/mol. The highest BCUT2D eigenvalue weighted by atomic mass is 15.2. The average Bonchev–Trinajstić information content (AvgIpc) is 2.63. The van der Waals surface area contributed by atoms with Gasteiger partial charge >= 0.3 is 0 Å². The molecule has 0 aliphatic carbocycles.